The van der Waals surface area contributed by atoms with Crippen molar-refractivity contribution in [3.8, 4) is 0 Å². The maximum atomic E-state index is 11.3. The molecular weight excluding hydrogens is 288 g/mol. The second kappa shape index (κ2) is 6.42. The number of aromatic nitrogens is 3. The second-order valence-corrected chi connectivity index (χ2v) is 6.07. The van der Waals surface area contributed by atoms with Gasteiger partial charge in [-0.25, -0.2) is 9.29 Å². The fourth-order valence-corrected chi connectivity index (χ4v) is 3.06. The summed E-state index contributed by atoms with van der Waals surface area (Å²) in [5.74, 6) is 0.573. The second-order valence-electron chi connectivity index (χ2n) is 4.96. The van der Waals surface area contributed by atoms with Crippen LogP contribution in [0.15, 0.2) is 23.1 Å². The van der Waals surface area contributed by atoms with Crippen LogP contribution in [0.25, 0.3) is 11.0 Å². The SMILES string of the molecule is CNSN1CCC(Nc2ncc3ccc(=O)[nH]c3n2)CC1. The van der Waals surface area contributed by atoms with Crippen molar-refractivity contribution >= 4 is 29.1 Å². The first kappa shape index (κ1) is 14.3. The van der Waals surface area contributed by atoms with Gasteiger partial charge in [0.1, 0.15) is 5.65 Å². The molecule has 1 aliphatic heterocycles. The molecule has 112 valence electrons. The van der Waals surface area contributed by atoms with Gasteiger partial charge in [-0.2, -0.15) is 4.98 Å². The number of anilines is 1. The monoisotopic (exact) mass is 306 g/mol. The van der Waals surface area contributed by atoms with Crippen LogP contribution in [-0.4, -0.2) is 45.4 Å². The normalized spacial score (nSPS) is 17.2. The van der Waals surface area contributed by atoms with E-state index in [9.17, 15) is 4.79 Å². The van der Waals surface area contributed by atoms with Crippen molar-refractivity contribution in [3.63, 3.8) is 0 Å². The van der Waals surface area contributed by atoms with Crippen LogP contribution in [0.4, 0.5) is 5.95 Å². The summed E-state index contributed by atoms with van der Waals surface area (Å²) < 4.78 is 5.39. The summed E-state index contributed by atoms with van der Waals surface area (Å²) in [6, 6.07) is 3.57. The van der Waals surface area contributed by atoms with Gasteiger partial charge in [-0.3, -0.25) is 9.52 Å². The zero-order valence-electron chi connectivity index (χ0n) is 11.8. The van der Waals surface area contributed by atoms with E-state index in [1.165, 1.54) is 6.07 Å². The van der Waals surface area contributed by atoms with Gasteiger partial charge in [-0.1, -0.05) is 0 Å². The van der Waals surface area contributed by atoms with Crippen molar-refractivity contribution in [1.82, 2.24) is 24.0 Å². The van der Waals surface area contributed by atoms with E-state index in [2.05, 4.69) is 29.3 Å². The van der Waals surface area contributed by atoms with E-state index in [4.69, 9.17) is 0 Å². The number of H-pyrrole nitrogens is 1. The van der Waals surface area contributed by atoms with Crippen molar-refractivity contribution in [2.45, 2.75) is 18.9 Å². The molecule has 1 aliphatic rings. The zero-order chi connectivity index (χ0) is 14.7. The maximum absolute atomic E-state index is 11.3. The Labute approximate surface area is 126 Å². The first-order chi connectivity index (χ1) is 10.2. The fraction of sp³-hybridized carbons (Fsp3) is 0.462. The summed E-state index contributed by atoms with van der Waals surface area (Å²) in [6.07, 6.45) is 3.81. The topological polar surface area (TPSA) is 85.9 Å². The van der Waals surface area contributed by atoms with Gasteiger partial charge in [-0.05, 0) is 26.0 Å². The Morgan fingerprint density at radius 1 is 1.38 bits per heavy atom. The smallest absolute Gasteiger partial charge is 0.249 e. The average Bonchev–Trinajstić information content (AvgIpc) is 2.49. The van der Waals surface area contributed by atoms with Gasteiger partial charge in [0, 0.05) is 48.9 Å². The molecule has 0 aliphatic carbocycles. The van der Waals surface area contributed by atoms with E-state index >= 15 is 0 Å². The molecule has 0 unspecified atom stereocenters. The van der Waals surface area contributed by atoms with Crippen molar-refractivity contribution in [3.05, 3.63) is 28.7 Å². The Morgan fingerprint density at radius 2 is 2.19 bits per heavy atom. The van der Waals surface area contributed by atoms with Gasteiger partial charge in [-0.15, -0.1) is 0 Å². The molecule has 0 atom stereocenters. The number of aromatic amines is 1. The molecule has 1 fully saturated rings. The molecule has 7 nitrogen and oxygen atoms in total. The molecule has 3 heterocycles. The average molecular weight is 306 g/mol. The van der Waals surface area contributed by atoms with Gasteiger partial charge in [0.2, 0.25) is 11.5 Å². The molecular formula is C13H18N6OS. The minimum atomic E-state index is -0.149. The molecule has 1 saturated heterocycles. The van der Waals surface area contributed by atoms with Gasteiger partial charge >= 0.3 is 0 Å². The van der Waals surface area contributed by atoms with Crippen molar-refractivity contribution in [2.75, 3.05) is 25.5 Å². The molecule has 0 aromatic carbocycles. The maximum Gasteiger partial charge on any atom is 0.249 e. The summed E-state index contributed by atoms with van der Waals surface area (Å²) in [6.45, 7) is 2.04. The van der Waals surface area contributed by atoms with Crippen LogP contribution in [0.3, 0.4) is 0 Å². The highest BCUT2D eigenvalue weighted by Gasteiger charge is 2.19. The molecule has 2 aromatic rings. The first-order valence-corrected chi connectivity index (χ1v) is 7.73. The van der Waals surface area contributed by atoms with Crippen LogP contribution in [0.1, 0.15) is 12.8 Å². The van der Waals surface area contributed by atoms with E-state index < -0.39 is 0 Å². The van der Waals surface area contributed by atoms with Crippen LogP contribution in [0.2, 0.25) is 0 Å². The quantitative estimate of drug-likeness (QED) is 0.726. The third kappa shape index (κ3) is 3.52. The summed E-state index contributed by atoms with van der Waals surface area (Å²) in [7, 11) is 1.93. The zero-order valence-corrected chi connectivity index (χ0v) is 12.6. The molecule has 0 radical (unpaired) electrons. The lowest BCUT2D eigenvalue weighted by atomic mass is 10.1. The van der Waals surface area contributed by atoms with Crippen LogP contribution in [0.5, 0.6) is 0 Å². The largest absolute Gasteiger partial charge is 0.351 e. The van der Waals surface area contributed by atoms with Crippen molar-refractivity contribution in [1.29, 1.82) is 0 Å². The van der Waals surface area contributed by atoms with Crippen LogP contribution in [-0.2, 0) is 0 Å². The predicted molar refractivity (Wildman–Crippen MR) is 85.0 cm³/mol. The highest BCUT2D eigenvalue weighted by molar-refractivity contribution is 7.95. The lowest BCUT2D eigenvalue weighted by molar-refractivity contribution is 0.356. The Morgan fingerprint density at radius 3 is 2.95 bits per heavy atom. The third-order valence-corrected chi connectivity index (χ3v) is 4.29. The number of nitrogens with one attached hydrogen (secondary N) is 3. The number of hydrogen-bond acceptors (Lipinski definition) is 7. The van der Waals surface area contributed by atoms with Crippen molar-refractivity contribution < 1.29 is 0 Å². The van der Waals surface area contributed by atoms with E-state index in [0.29, 0.717) is 17.6 Å². The van der Waals surface area contributed by atoms with Gasteiger partial charge in [0.15, 0.2) is 0 Å². The summed E-state index contributed by atoms with van der Waals surface area (Å²) >= 11 is 1.65. The standard InChI is InChI=1S/C13H18N6OS/c1-14-21-19-6-4-10(5-7-19)16-13-15-8-9-2-3-11(20)17-12(9)18-13/h2-3,8,10,14H,4-7H2,1H3,(H2,15,16,17,18,20). The Bertz CT molecular complexity index is 667. The summed E-state index contributed by atoms with van der Waals surface area (Å²) in [5, 5.41) is 4.19. The van der Waals surface area contributed by atoms with E-state index in [1.807, 2.05) is 7.05 Å². The molecule has 0 saturated carbocycles. The highest BCUT2D eigenvalue weighted by atomic mass is 32.2. The van der Waals surface area contributed by atoms with Crippen molar-refractivity contribution in [2.24, 2.45) is 0 Å². The van der Waals surface area contributed by atoms with Crippen LogP contribution >= 0.6 is 12.1 Å². The van der Waals surface area contributed by atoms with Gasteiger partial charge in [0.05, 0.1) is 0 Å². The molecule has 3 rings (SSSR count). The molecule has 21 heavy (non-hydrogen) atoms. The third-order valence-electron chi connectivity index (χ3n) is 3.48. The Kier molecular flexibility index (Phi) is 4.37. The van der Waals surface area contributed by atoms with E-state index in [-0.39, 0.29) is 5.56 Å². The lowest BCUT2D eigenvalue weighted by Gasteiger charge is -2.30. The molecule has 0 bridgehead atoms. The lowest BCUT2D eigenvalue weighted by Crippen LogP contribution is -2.37. The molecule has 3 N–H and O–H groups in total. The fourth-order valence-electron chi connectivity index (χ4n) is 2.41. The molecule has 2 aromatic heterocycles. The van der Waals surface area contributed by atoms with Crippen LogP contribution < -0.4 is 15.6 Å². The number of piperidine rings is 1. The number of nitrogens with zero attached hydrogens (tertiary/aromatic N) is 3. The Hall–Kier alpha value is -1.64. The first-order valence-electron chi connectivity index (χ1n) is 6.96. The molecule has 0 spiro atoms. The van der Waals surface area contributed by atoms with E-state index in [1.54, 1.807) is 24.4 Å². The number of hydrogen-bond donors (Lipinski definition) is 3. The predicted octanol–water partition coefficient (Wildman–Crippen LogP) is 0.977. The minimum Gasteiger partial charge on any atom is -0.351 e. The van der Waals surface area contributed by atoms with Crippen LogP contribution in [0, 0.1) is 0 Å². The summed E-state index contributed by atoms with van der Waals surface area (Å²) in [4.78, 5) is 22.7. The number of pyridine rings is 1. The van der Waals surface area contributed by atoms with Gasteiger partial charge < -0.3 is 10.3 Å². The highest BCUT2D eigenvalue weighted by Crippen LogP contribution is 2.18. The Balaban J connectivity index is 1.67. The molecule has 8 heteroatoms. The molecule has 0 amide bonds. The van der Waals surface area contributed by atoms with Gasteiger partial charge in [0.25, 0.3) is 0 Å². The summed E-state index contributed by atoms with van der Waals surface area (Å²) in [5.41, 5.74) is 0.424. The number of fused-ring (bicyclic) bond motifs is 1. The minimum absolute atomic E-state index is 0.149. The van der Waals surface area contributed by atoms with E-state index in [0.717, 1.165) is 31.3 Å². The number of rotatable bonds is 4.